The van der Waals surface area contributed by atoms with Gasteiger partial charge in [0.05, 0.1) is 22.2 Å². The Morgan fingerprint density at radius 1 is 1.00 bits per heavy atom. The molecule has 1 saturated heterocycles. The van der Waals surface area contributed by atoms with Gasteiger partial charge in [0.2, 0.25) is 11.8 Å². The number of alkyl halides is 3. The maximum Gasteiger partial charge on any atom is 0.418 e. The molecule has 1 fully saturated rings. The number of imide groups is 1. The molecule has 2 aliphatic heterocycles. The molecule has 0 spiro atoms. The molecule has 3 atom stereocenters. The first-order valence-electron chi connectivity index (χ1n) is 12.7. The largest absolute Gasteiger partial charge is 0.483 e. The lowest BCUT2D eigenvalue weighted by Gasteiger charge is -2.31. The average molecular weight is 691 g/mol. The molecule has 3 aromatic carbocycles. The van der Waals surface area contributed by atoms with Crippen LogP contribution in [0.1, 0.15) is 21.9 Å². The minimum atomic E-state index is -4.81. The summed E-state index contributed by atoms with van der Waals surface area (Å²) in [5, 5.41) is 1.94. The summed E-state index contributed by atoms with van der Waals surface area (Å²) in [7, 11) is 0. The normalized spacial score (nSPS) is 19.6. The Balaban J connectivity index is 1.40. The number of aromatic amines is 1. The van der Waals surface area contributed by atoms with Crippen LogP contribution in [0.15, 0.2) is 87.1 Å². The second-order valence-corrected chi connectivity index (χ2v) is 12.7. The van der Waals surface area contributed by atoms with Crippen LogP contribution < -0.4 is 19.8 Å². The van der Waals surface area contributed by atoms with Crippen LogP contribution in [0, 0.1) is 5.92 Å². The van der Waals surface area contributed by atoms with Gasteiger partial charge in [0, 0.05) is 26.5 Å². The third kappa shape index (κ3) is 5.50. The highest BCUT2D eigenvalue weighted by atomic mass is 79.9. The van der Waals surface area contributed by atoms with Crippen molar-refractivity contribution in [3.8, 4) is 5.75 Å². The molecule has 0 radical (unpaired) electrons. The summed E-state index contributed by atoms with van der Waals surface area (Å²) in [6.45, 7) is -0.396. The topological polar surface area (TPSA) is 109 Å². The van der Waals surface area contributed by atoms with E-state index in [0.29, 0.717) is 30.5 Å². The smallest absolute Gasteiger partial charge is 0.418 e. The minimum Gasteiger partial charge on any atom is -0.483 e. The van der Waals surface area contributed by atoms with Gasteiger partial charge in [-0.25, -0.2) is 4.90 Å². The number of para-hydroxylation sites is 2. The number of ether oxygens (including phenoxy) is 1. The zero-order valence-corrected chi connectivity index (χ0v) is 24.9. The van der Waals surface area contributed by atoms with Crippen LogP contribution >= 0.6 is 39.0 Å². The monoisotopic (exact) mass is 689 g/mol. The van der Waals surface area contributed by atoms with Gasteiger partial charge in [-0.15, -0.1) is 0 Å². The second kappa shape index (κ2) is 11.3. The number of carbonyl (C=O) groups excluding carboxylic acids is 3. The van der Waals surface area contributed by atoms with E-state index in [-0.39, 0.29) is 5.75 Å². The Hall–Kier alpha value is -3.88. The highest BCUT2D eigenvalue weighted by Gasteiger charge is 2.57. The van der Waals surface area contributed by atoms with E-state index in [1.807, 2.05) is 0 Å². The molecule has 8 nitrogen and oxygen atoms in total. The predicted octanol–water partition coefficient (Wildman–Crippen LogP) is 6.03. The average Bonchev–Trinajstić information content (AvgIpc) is 3.46. The molecule has 2 N–H and O–H groups in total. The molecule has 0 saturated carbocycles. The first kappa shape index (κ1) is 29.2. The van der Waals surface area contributed by atoms with Crippen molar-refractivity contribution in [2.24, 2.45) is 5.92 Å². The van der Waals surface area contributed by atoms with Crippen LogP contribution in [-0.4, -0.2) is 34.6 Å². The number of amides is 3. The number of H-pyrrole nitrogens is 1. The number of fused-ring (bicyclic) bond motifs is 2. The van der Waals surface area contributed by atoms with Crippen molar-refractivity contribution < 1.29 is 32.3 Å². The fourth-order valence-electron chi connectivity index (χ4n) is 5.25. The number of halogens is 4. The van der Waals surface area contributed by atoms with Crippen LogP contribution in [0.5, 0.6) is 5.75 Å². The number of benzene rings is 3. The number of hydrogen-bond donors (Lipinski definition) is 2. The van der Waals surface area contributed by atoms with E-state index in [9.17, 15) is 32.3 Å². The first-order chi connectivity index (χ1) is 20.5. The summed E-state index contributed by atoms with van der Waals surface area (Å²) in [4.78, 5) is 56.1. The Morgan fingerprint density at radius 2 is 1.72 bits per heavy atom. The molecule has 220 valence electrons. The van der Waals surface area contributed by atoms with Gasteiger partial charge >= 0.3 is 11.0 Å². The van der Waals surface area contributed by atoms with Gasteiger partial charge in [-0.05, 0) is 42.5 Å². The fourth-order valence-corrected chi connectivity index (χ4v) is 8.14. The fraction of sp³-hybridized carbons (Fsp3) is 0.172. The Morgan fingerprint density at radius 3 is 2.47 bits per heavy atom. The zero-order chi connectivity index (χ0) is 30.5. The van der Waals surface area contributed by atoms with Gasteiger partial charge in [-0.3, -0.25) is 19.2 Å². The number of nitrogens with zero attached hydrogens (tertiary/aromatic N) is 1. The lowest BCUT2D eigenvalue weighted by molar-refractivity contribution is -0.137. The number of thiazole rings is 1. The van der Waals surface area contributed by atoms with Crippen molar-refractivity contribution in [1.29, 1.82) is 0 Å². The number of anilines is 2. The lowest BCUT2D eigenvalue weighted by atomic mass is 9.82. The molecule has 14 heteroatoms. The maximum atomic E-state index is 14.0. The maximum absolute atomic E-state index is 14.0. The van der Waals surface area contributed by atoms with Crippen molar-refractivity contribution >= 4 is 68.1 Å². The number of thioether (sulfide) groups is 1. The lowest BCUT2D eigenvalue weighted by Crippen LogP contribution is -2.33. The number of rotatable bonds is 6. The van der Waals surface area contributed by atoms with Crippen molar-refractivity contribution in [2.45, 2.75) is 22.4 Å². The third-order valence-electron chi connectivity index (χ3n) is 7.00. The van der Waals surface area contributed by atoms with E-state index >= 15 is 0 Å². The van der Waals surface area contributed by atoms with E-state index in [4.69, 9.17) is 4.74 Å². The quantitative estimate of drug-likeness (QED) is 0.240. The molecule has 6 rings (SSSR count). The van der Waals surface area contributed by atoms with Gasteiger partial charge < -0.3 is 15.0 Å². The molecule has 0 unspecified atom stereocenters. The molecule has 2 aliphatic rings. The molecular formula is C29H19BrF3N3O5S2. The van der Waals surface area contributed by atoms with Crippen molar-refractivity contribution in [1.82, 2.24) is 4.98 Å². The summed E-state index contributed by atoms with van der Waals surface area (Å²) in [6, 6.07) is 18.1. The number of aromatic nitrogens is 1. The zero-order valence-electron chi connectivity index (χ0n) is 21.7. The molecule has 3 amide bonds. The Kier molecular flexibility index (Phi) is 7.69. The van der Waals surface area contributed by atoms with Crippen LogP contribution in [0.25, 0.3) is 0 Å². The van der Waals surface area contributed by atoms with Crippen molar-refractivity contribution in [2.75, 3.05) is 16.8 Å². The first-order valence-corrected chi connectivity index (χ1v) is 15.2. The standard InChI is InChI=1S/C29H19BrF3N3O5S2/c30-14-10-11-19(41-13-20(37)34-15-6-2-1-3-7-15)16(12-14)21-22-24(42-25-23(21)43-28(40)35-25)27(39)36(26(22)38)18-9-5-4-8-17(18)29(31,32)33/h1-12,21-22,24H,13H2,(H,34,37)(H,35,40)/t21-,22-,24+/m0/s1. The third-order valence-corrected chi connectivity index (χ3v) is 9.89. The van der Waals surface area contributed by atoms with Gasteiger partial charge in [-0.1, -0.05) is 69.4 Å². The van der Waals surface area contributed by atoms with Gasteiger partial charge in [0.1, 0.15) is 11.0 Å². The Bertz CT molecular complexity index is 1810. The molecule has 3 heterocycles. The summed E-state index contributed by atoms with van der Waals surface area (Å²) in [5.41, 5.74) is -0.717. The van der Waals surface area contributed by atoms with E-state index in [2.05, 4.69) is 26.2 Å². The highest BCUT2D eigenvalue weighted by molar-refractivity contribution is 9.10. The number of nitrogens with one attached hydrogen (secondary N) is 2. The minimum absolute atomic E-state index is 0.211. The number of hydrogen-bond acceptors (Lipinski definition) is 7. The molecule has 43 heavy (non-hydrogen) atoms. The van der Waals surface area contributed by atoms with Crippen LogP contribution in [0.4, 0.5) is 24.5 Å². The number of carbonyl (C=O) groups is 3. The molecular weight excluding hydrogens is 671 g/mol. The molecule has 4 aromatic rings. The van der Waals surface area contributed by atoms with Crippen LogP contribution in [-0.2, 0) is 20.6 Å². The van der Waals surface area contributed by atoms with Crippen LogP contribution in [0.2, 0.25) is 0 Å². The summed E-state index contributed by atoms with van der Waals surface area (Å²) < 4.78 is 48.2. The summed E-state index contributed by atoms with van der Waals surface area (Å²) in [6.07, 6.45) is -4.81. The van der Waals surface area contributed by atoms with Gasteiger partial charge in [-0.2, -0.15) is 13.2 Å². The predicted molar refractivity (Wildman–Crippen MR) is 159 cm³/mol. The van der Waals surface area contributed by atoms with E-state index in [1.165, 1.54) is 12.1 Å². The molecule has 0 bridgehead atoms. The SMILES string of the molecule is O=C(COc1ccc(Br)cc1[C@@H]1c2sc(=O)[nH]c2S[C@H]2C(=O)N(c3ccccc3C(F)(F)F)C(=O)[C@@H]12)Nc1ccccc1. The Labute approximate surface area is 258 Å². The summed E-state index contributed by atoms with van der Waals surface area (Å²) in [5.74, 6) is -3.99. The highest BCUT2D eigenvalue weighted by Crippen LogP contribution is 2.55. The van der Waals surface area contributed by atoms with Crippen molar-refractivity contribution in [3.05, 3.63) is 103 Å². The summed E-state index contributed by atoms with van der Waals surface area (Å²) >= 11 is 5.21. The molecule has 0 aliphatic carbocycles. The van der Waals surface area contributed by atoms with Crippen molar-refractivity contribution in [3.63, 3.8) is 0 Å². The second-order valence-electron chi connectivity index (χ2n) is 9.66. The van der Waals surface area contributed by atoms with Crippen LogP contribution in [0.3, 0.4) is 0 Å². The van der Waals surface area contributed by atoms with E-state index < -0.39 is 63.7 Å². The van der Waals surface area contributed by atoms with Gasteiger partial charge in [0.15, 0.2) is 6.61 Å². The van der Waals surface area contributed by atoms with E-state index in [0.717, 1.165) is 35.2 Å². The molecule has 1 aromatic heterocycles. The van der Waals surface area contributed by atoms with Gasteiger partial charge in [0.25, 0.3) is 5.91 Å². The van der Waals surface area contributed by atoms with E-state index in [1.54, 1.807) is 48.5 Å².